The highest BCUT2D eigenvalue weighted by molar-refractivity contribution is 7.26. The minimum absolute atomic E-state index is 0.516. The van der Waals surface area contributed by atoms with Gasteiger partial charge in [-0.25, -0.2) is 0 Å². The van der Waals surface area contributed by atoms with E-state index in [-0.39, 0.29) is 0 Å². The van der Waals surface area contributed by atoms with E-state index in [1.54, 1.807) is 22.7 Å². The zero-order valence-corrected chi connectivity index (χ0v) is 13.8. The zero-order chi connectivity index (χ0) is 14.4. The van der Waals surface area contributed by atoms with Gasteiger partial charge in [-0.2, -0.15) is 0 Å². The smallest absolute Gasteiger partial charge is 0.114 e. The first-order valence-corrected chi connectivity index (χ1v) is 8.41. The summed E-state index contributed by atoms with van der Waals surface area (Å²) in [6.45, 7) is 8.45. The molecule has 0 amide bonds. The molecule has 1 unspecified atom stereocenters. The lowest BCUT2D eigenvalue weighted by Gasteiger charge is -2.19. The Morgan fingerprint density at radius 1 is 0.950 bits per heavy atom. The fraction of sp³-hybridized carbons (Fsp3) is 0.294. The van der Waals surface area contributed by atoms with Crippen molar-refractivity contribution in [3.63, 3.8) is 0 Å². The van der Waals surface area contributed by atoms with E-state index in [4.69, 9.17) is 0 Å². The normalized spacial score (nSPS) is 13.1. The second kappa shape index (κ2) is 4.99. The van der Waals surface area contributed by atoms with Crippen molar-refractivity contribution < 1.29 is 5.11 Å². The van der Waals surface area contributed by atoms with Crippen LogP contribution in [0.2, 0.25) is 0 Å². The van der Waals surface area contributed by atoms with Crippen LogP contribution in [-0.4, -0.2) is 5.11 Å². The van der Waals surface area contributed by atoms with Crippen molar-refractivity contribution >= 4 is 32.1 Å². The summed E-state index contributed by atoms with van der Waals surface area (Å²) in [5, 5.41) is 12.9. The van der Waals surface area contributed by atoms with Gasteiger partial charge in [0, 0.05) is 14.3 Å². The van der Waals surface area contributed by atoms with E-state index in [9.17, 15) is 5.11 Å². The van der Waals surface area contributed by atoms with Crippen LogP contribution >= 0.6 is 22.7 Å². The number of aliphatic hydroxyl groups excluding tert-OH is 1. The Hall–Kier alpha value is -1.16. The summed E-state index contributed by atoms with van der Waals surface area (Å²) in [5.74, 6) is 0. The molecule has 2 aromatic heterocycles. The molecule has 0 bridgehead atoms. The molecule has 3 heteroatoms. The van der Waals surface area contributed by atoms with Crippen molar-refractivity contribution in [3.05, 3.63) is 56.3 Å². The van der Waals surface area contributed by atoms with Crippen LogP contribution < -0.4 is 0 Å². The molecule has 0 saturated carbocycles. The van der Waals surface area contributed by atoms with Gasteiger partial charge < -0.3 is 5.11 Å². The molecule has 0 spiro atoms. The Balaban J connectivity index is 2.15. The third-order valence-electron chi connectivity index (χ3n) is 4.13. The third kappa shape index (κ3) is 2.10. The SMILES string of the molecule is Cc1cc(C)c(C)c(C(O)c2cc3sccc3s2)c1C. The second-order valence-corrected chi connectivity index (χ2v) is 7.44. The predicted octanol–water partition coefficient (Wildman–Crippen LogP) is 5.28. The first-order valence-electron chi connectivity index (χ1n) is 6.71. The quantitative estimate of drug-likeness (QED) is 0.683. The molecule has 0 fully saturated rings. The summed E-state index contributed by atoms with van der Waals surface area (Å²) in [5.41, 5.74) is 5.99. The number of aliphatic hydroxyl groups is 1. The summed E-state index contributed by atoms with van der Waals surface area (Å²) < 4.78 is 2.53. The average Bonchev–Trinajstić information content (AvgIpc) is 2.97. The van der Waals surface area contributed by atoms with Gasteiger partial charge in [0.25, 0.3) is 0 Å². The first kappa shape index (κ1) is 13.8. The van der Waals surface area contributed by atoms with Crippen molar-refractivity contribution in [2.75, 3.05) is 0 Å². The van der Waals surface area contributed by atoms with E-state index in [2.05, 4.69) is 51.3 Å². The zero-order valence-electron chi connectivity index (χ0n) is 12.2. The maximum absolute atomic E-state index is 10.8. The molecule has 0 saturated heterocycles. The largest absolute Gasteiger partial charge is 0.383 e. The lowest BCUT2D eigenvalue weighted by molar-refractivity contribution is 0.222. The summed E-state index contributed by atoms with van der Waals surface area (Å²) in [7, 11) is 0. The second-order valence-electron chi connectivity index (χ2n) is 5.37. The van der Waals surface area contributed by atoms with E-state index in [1.165, 1.54) is 31.7 Å². The molecule has 0 aliphatic rings. The first-order chi connectivity index (χ1) is 9.49. The molecular weight excluding hydrogens is 284 g/mol. The number of fused-ring (bicyclic) bond motifs is 1. The molecule has 0 aliphatic heterocycles. The van der Waals surface area contributed by atoms with Gasteiger partial charge in [0.15, 0.2) is 0 Å². The Labute approximate surface area is 127 Å². The van der Waals surface area contributed by atoms with Crippen molar-refractivity contribution in [2.24, 2.45) is 0 Å². The van der Waals surface area contributed by atoms with Gasteiger partial charge in [-0.15, -0.1) is 22.7 Å². The van der Waals surface area contributed by atoms with Crippen LogP contribution in [-0.2, 0) is 0 Å². The molecule has 1 nitrogen and oxygen atoms in total. The fourth-order valence-electron chi connectivity index (χ4n) is 2.72. The van der Waals surface area contributed by atoms with E-state index in [1.807, 2.05) is 0 Å². The van der Waals surface area contributed by atoms with E-state index < -0.39 is 6.10 Å². The van der Waals surface area contributed by atoms with Crippen molar-refractivity contribution in [3.8, 4) is 0 Å². The number of benzene rings is 1. The molecule has 20 heavy (non-hydrogen) atoms. The van der Waals surface area contributed by atoms with Gasteiger partial charge in [-0.05, 0) is 73.0 Å². The summed E-state index contributed by atoms with van der Waals surface area (Å²) in [4.78, 5) is 1.04. The minimum atomic E-state index is -0.516. The van der Waals surface area contributed by atoms with Crippen LogP contribution in [0.3, 0.4) is 0 Å². The van der Waals surface area contributed by atoms with Crippen molar-refractivity contribution in [1.82, 2.24) is 0 Å². The maximum Gasteiger partial charge on any atom is 0.114 e. The van der Waals surface area contributed by atoms with Crippen LogP contribution in [0.5, 0.6) is 0 Å². The van der Waals surface area contributed by atoms with Gasteiger partial charge >= 0.3 is 0 Å². The fourth-order valence-corrected chi connectivity index (χ4v) is 4.83. The van der Waals surface area contributed by atoms with Crippen molar-refractivity contribution in [1.29, 1.82) is 0 Å². The van der Waals surface area contributed by atoms with Gasteiger partial charge in [0.2, 0.25) is 0 Å². The Morgan fingerprint density at radius 2 is 1.60 bits per heavy atom. The number of hydrogen-bond acceptors (Lipinski definition) is 3. The van der Waals surface area contributed by atoms with Crippen molar-refractivity contribution in [2.45, 2.75) is 33.8 Å². The molecule has 104 valence electrons. The Morgan fingerprint density at radius 3 is 2.20 bits per heavy atom. The van der Waals surface area contributed by atoms with E-state index in [0.29, 0.717) is 0 Å². The molecule has 3 rings (SSSR count). The van der Waals surface area contributed by atoms with E-state index >= 15 is 0 Å². The highest BCUT2D eigenvalue weighted by Crippen LogP contribution is 2.38. The maximum atomic E-state index is 10.8. The van der Waals surface area contributed by atoms with Crippen LogP contribution in [0.1, 0.15) is 38.8 Å². The van der Waals surface area contributed by atoms with E-state index in [0.717, 1.165) is 10.4 Å². The van der Waals surface area contributed by atoms with Gasteiger partial charge in [-0.1, -0.05) is 6.07 Å². The number of aryl methyl sites for hydroxylation is 2. The highest BCUT2D eigenvalue weighted by atomic mass is 32.1. The molecule has 1 aromatic carbocycles. The van der Waals surface area contributed by atoms with Crippen LogP contribution in [0.25, 0.3) is 9.40 Å². The summed E-state index contributed by atoms with van der Waals surface area (Å²) in [6.07, 6.45) is -0.516. The van der Waals surface area contributed by atoms with Gasteiger partial charge in [0.05, 0.1) is 0 Å². The predicted molar refractivity (Wildman–Crippen MR) is 89.2 cm³/mol. The minimum Gasteiger partial charge on any atom is -0.383 e. The number of rotatable bonds is 2. The van der Waals surface area contributed by atoms with Gasteiger partial charge in [0.1, 0.15) is 6.10 Å². The Bertz CT molecular complexity index is 725. The average molecular weight is 302 g/mol. The summed E-state index contributed by atoms with van der Waals surface area (Å²) in [6, 6.07) is 6.46. The highest BCUT2D eigenvalue weighted by Gasteiger charge is 2.20. The summed E-state index contributed by atoms with van der Waals surface area (Å²) >= 11 is 3.43. The Kier molecular flexibility index (Phi) is 3.44. The monoisotopic (exact) mass is 302 g/mol. The molecule has 0 aliphatic carbocycles. The van der Waals surface area contributed by atoms with Gasteiger partial charge in [-0.3, -0.25) is 0 Å². The van der Waals surface area contributed by atoms with Crippen LogP contribution in [0.15, 0.2) is 23.6 Å². The molecular formula is C17H18OS2. The molecule has 1 N–H and O–H groups in total. The number of thiophene rings is 2. The molecule has 1 atom stereocenters. The van der Waals surface area contributed by atoms with Crippen LogP contribution in [0, 0.1) is 27.7 Å². The molecule has 0 radical (unpaired) electrons. The lowest BCUT2D eigenvalue weighted by Crippen LogP contribution is -2.06. The molecule has 2 heterocycles. The van der Waals surface area contributed by atoms with Crippen LogP contribution in [0.4, 0.5) is 0 Å². The standard InChI is InChI=1S/C17H18OS2/c1-9-7-10(2)12(4)16(11(9)3)17(18)15-8-14-13(20-15)5-6-19-14/h5-8,17-18H,1-4H3. The lowest BCUT2D eigenvalue weighted by atomic mass is 9.90. The molecule has 3 aromatic rings. The number of hydrogen-bond donors (Lipinski definition) is 1. The topological polar surface area (TPSA) is 20.2 Å². The third-order valence-corrected chi connectivity index (χ3v) is 6.27.